The normalized spacial score (nSPS) is 10.1. The number of nitrogens with one attached hydrogen (secondary N) is 6. The summed E-state index contributed by atoms with van der Waals surface area (Å²) in [5.41, 5.74) is 9.59. The Hall–Kier alpha value is -17.9. The summed E-state index contributed by atoms with van der Waals surface area (Å²) in [6.07, 6.45) is 0.388. The minimum absolute atomic E-state index is 0.000708. The number of aromatic carboxylic acids is 6. The summed E-state index contributed by atoms with van der Waals surface area (Å²) in [6.45, 7) is 14.3. The molecule has 12 rings (SSSR count). The van der Waals surface area contributed by atoms with Crippen molar-refractivity contribution in [3.05, 3.63) is 425 Å². The zero-order valence-corrected chi connectivity index (χ0v) is 74.6. The molecule has 0 fully saturated rings. The number of Topliss-reactive ketones (excluding diaryl/α,β-unsaturated/α-hetero) is 5. The minimum Gasteiger partial charge on any atom is -0.496 e. The van der Waals surface area contributed by atoms with Gasteiger partial charge in [-0.15, -0.1) is 0 Å². The van der Waals surface area contributed by atoms with E-state index in [0.717, 1.165) is 45.0 Å². The van der Waals surface area contributed by atoms with Gasteiger partial charge in [0.1, 0.15) is 17.3 Å². The van der Waals surface area contributed by atoms with Gasteiger partial charge in [0.05, 0.1) is 73.9 Å². The van der Waals surface area contributed by atoms with Crippen molar-refractivity contribution in [1.29, 1.82) is 0 Å². The third-order valence-corrected chi connectivity index (χ3v) is 19.9. The van der Waals surface area contributed by atoms with Gasteiger partial charge >= 0.3 is 35.8 Å². The Morgan fingerprint density at radius 3 is 0.691 bits per heavy atom. The molecule has 0 aromatic heterocycles. The summed E-state index contributed by atoms with van der Waals surface area (Å²) in [4.78, 5) is 195. The molecule has 0 saturated carbocycles. The molecular weight excluding hydrogens is 1750 g/mol. The van der Waals surface area contributed by atoms with Crippen LogP contribution in [0.3, 0.4) is 0 Å². The van der Waals surface area contributed by atoms with Crippen molar-refractivity contribution in [2.45, 2.75) is 87.2 Å². The molecule has 0 radical (unpaired) electrons. The van der Waals surface area contributed by atoms with Crippen LogP contribution >= 0.6 is 0 Å². The van der Waals surface area contributed by atoms with Crippen LogP contribution in [0.1, 0.15) is 252 Å². The number of carboxylic acids is 6. The molecule has 31 heteroatoms. The molecule has 0 unspecified atom stereocenters. The maximum absolute atomic E-state index is 13.9. The highest BCUT2D eigenvalue weighted by atomic mass is 19.1. The molecule has 0 saturated heterocycles. The topological polar surface area (TPSA) is 493 Å². The number of allylic oxidation sites excluding steroid dienone is 1. The van der Waals surface area contributed by atoms with E-state index in [-0.39, 0.29) is 140 Å². The van der Waals surface area contributed by atoms with Gasteiger partial charge in [-0.25, -0.2) is 33.2 Å². The lowest BCUT2D eigenvalue weighted by Gasteiger charge is -2.12. The second-order valence-electron chi connectivity index (χ2n) is 29.8. The van der Waals surface area contributed by atoms with Crippen LogP contribution in [0.2, 0.25) is 0 Å². The SMILES string of the molecule is C=C(C)c1ccc(CNC(=O)c2ccccc2C(=O)O)cc1.CC(=O)Cc1ccc(CNC(=O)c2ccccc2C(=O)O)cc1.CC(=O)c1ccc(CNC(=O)c2ccccc2C(=O)O)c(F)c1.CC(=O)c1ccc(CNC(=O)c2ccccc2C(=O)O)cc1.CC(=O)c1ccc(CNC(=O)c2ccccc2C(=O)O)cc1.COc1cc(C(C)=O)ccc1CNC(=O)c1ccccc1C(=O)O. The maximum atomic E-state index is 13.9. The van der Waals surface area contributed by atoms with Crippen LogP contribution in [0.25, 0.3) is 5.57 Å². The number of amides is 6. The van der Waals surface area contributed by atoms with Crippen molar-refractivity contribution >= 4 is 106 Å². The fourth-order valence-corrected chi connectivity index (χ4v) is 12.6. The van der Waals surface area contributed by atoms with Gasteiger partial charge in [0.2, 0.25) is 0 Å². The molecule has 6 amide bonds. The van der Waals surface area contributed by atoms with Gasteiger partial charge < -0.3 is 67.3 Å². The van der Waals surface area contributed by atoms with E-state index in [4.69, 9.17) is 35.4 Å². The number of hydrogen-bond acceptors (Lipinski definition) is 18. The van der Waals surface area contributed by atoms with Crippen LogP contribution in [-0.2, 0) is 50.5 Å². The number of methoxy groups -OCH3 is 1. The molecule has 12 N–H and O–H groups in total. The van der Waals surface area contributed by atoms with Crippen LogP contribution in [-0.4, -0.2) is 138 Å². The van der Waals surface area contributed by atoms with Gasteiger partial charge in [0, 0.05) is 79.1 Å². The molecule has 0 heterocycles. The number of benzene rings is 12. The number of hydrogen-bond donors (Lipinski definition) is 12. The fraction of sp³-hybridized carbons (Fsp3) is 0.133. The second-order valence-corrected chi connectivity index (χ2v) is 29.8. The number of ether oxygens (including phenoxy) is 1. The third kappa shape index (κ3) is 32.3. The Morgan fingerprint density at radius 1 is 0.257 bits per heavy atom. The van der Waals surface area contributed by atoms with E-state index in [1.54, 1.807) is 133 Å². The van der Waals surface area contributed by atoms with Crippen LogP contribution in [0.15, 0.2) is 286 Å². The third-order valence-electron chi connectivity index (χ3n) is 19.9. The molecule has 12 aromatic carbocycles. The molecule has 0 atom stereocenters. The summed E-state index contributed by atoms with van der Waals surface area (Å²) in [6, 6.07) is 73.8. The summed E-state index contributed by atoms with van der Waals surface area (Å²) in [5, 5.41) is 70.4. The van der Waals surface area contributed by atoms with Crippen LogP contribution < -0.4 is 36.6 Å². The van der Waals surface area contributed by atoms with Gasteiger partial charge in [-0.2, -0.15) is 0 Å². The smallest absolute Gasteiger partial charge is 0.336 e. The number of ketones is 5. The lowest BCUT2D eigenvalue weighted by molar-refractivity contribution is -0.116. The highest BCUT2D eigenvalue weighted by Crippen LogP contribution is 2.24. The molecule has 0 aliphatic rings. The van der Waals surface area contributed by atoms with Crippen molar-refractivity contribution in [2.24, 2.45) is 0 Å². The largest absolute Gasteiger partial charge is 0.496 e. The van der Waals surface area contributed by atoms with Crippen molar-refractivity contribution in [3.8, 4) is 5.75 Å². The summed E-state index contributed by atoms with van der Waals surface area (Å²) < 4.78 is 19.1. The van der Waals surface area contributed by atoms with E-state index in [0.29, 0.717) is 41.0 Å². The predicted molar refractivity (Wildman–Crippen MR) is 502 cm³/mol. The predicted octanol–water partition coefficient (Wildman–Crippen LogP) is 16.0. The highest BCUT2D eigenvalue weighted by Gasteiger charge is 2.23. The molecule has 12 aromatic rings. The first-order valence-corrected chi connectivity index (χ1v) is 41.4. The maximum Gasteiger partial charge on any atom is 0.336 e. The summed E-state index contributed by atoms with van der Waals surface area (Å²) in [5.74, 6) is -10.2. The second kappa shape index (κ2) is 52.1. The average molecular weight is 1840 g/mol. The Labute approximate surface area is 780 Å². The molecule has 0 aliphatic heterocycles. The van der Waals surface area contributed by atoms with E-state index in [9.17, 15) is 85.9 Å². The number of halogens is 1. The molecule has 0 bridgehead atoms. The molecule has 30 nitrogen and oxygen atoms in total. The van der Waals surface area contributed by atoms with E-state index >= 15 is 0 Å². The van der Waals surface area contributed by atoms with Crippen LogP contribution in [0, 0.1) is 5.82 Å². The van der Waals surface area contributed by atoms with E-state index in [2.05, 4.69) is 38.5 Å². The van der Waals surface area contributed by atoms with Gasteiger partial charge in [-0.05, 0) is 160 Å². The zero-order valence-electron chi connectivity index (χ0n) is 74.6. The summed E-state index contributed by atoms with van der Waals surface area (Å²) in [7, 11) is 1.48. The summed E-state index contributed by atoms with van der Waals surface area (Å²) >= 11 is 0. The first kappa shape index (κ1) is 105. The monoisotopic (exact) mass is 1840 g/mol. The van der Waals surface area contributed by atoms with E-state index in [1.807, 2.05) is 55.5 Å². The first-order valence-electron chi connectivity index (χ1n) is 41.4. The van der Waals surface area contributed by atoms with Gasteiger partial charge in [0.25, 0.3) is 35.4 Å². The number of carbonyl (C=O) groups is 17. The highest BCUT2D eigenvalue weighted by molar-refractivity contribution is 6.09. The fourth-order valence-electron chi connectivity index (χ4n) is 12.6. The first-order chi connectivity index (χ1) is 64.8. The quantitative estimate of drug-likeness (QED) is 0.0174. The van der Waals surface area contributed by atoms with Crippen LogP contribution in [0.5, 0.6) is 5.75 Å². The van der Waals surface area contributed by atoms with E-state index < -0.39 is 77.1 Å². The van der Waals surface area contributed by atoms with Gasteiger partial charge in [-0.3, -0.25) is 52.7 Å². The molecule has 696 valence electrons. The molecule has 0 spiro atoms. The van der Waals surface area contributed by atoms with E-state index in [1.165, 1.54) is 133 Å². The molecule has 0 aliphatic carbocycles. The van der Waals surface area contributed by atoms with Crippen molar-refractivity contribution in [2.75, 3.05) is 7.11 Å². The Kier molecular flexibility index (Phi) is 40.3. The Balaban J connectivity index is 0.000000222. The van der Waals surface area contributed by atoms with Crippen molar-refractivity contribution in [1.82, 2.24) is 31.9 Å². The van der Waals surface area contributed by atoms with Crippen molar-refractivity contribution in [3.63, 3.8) is 0 Å². The number of rotatable bonds is 32. The standard InChI is InChI=1S/C18H17NO5.C18H17NO4.C18H17NO3.C17H14FNO4.2C17H15NO4/c1-11(20)12-7-8-13(16(9-12)24-2)10-19-17(21)14-5-3-4-6-15(14)18(22)23;1-12(20)10-13-6-8-14(9-7-13)11-19-17(21)15-4-2-3-5-16(15)18(22)23;1-12(2)14-9-7-13(8-10-14)11-19-17(20)15-5-3-4-6-16(15)18(21)22;1-10(20)11-6-7-12(15(18)8-11)9-19-16(21)13-4-2-3-5-14(13)17(22)23;2*1-11(19)13-8-6-12(7-9-13)10-18-16(20)14-4-2-3-5-15(14)17(21)22/h3-9H,10H2,1-2H3,(H,19,21)(H,22,23);2-9H,10-11H2,1H3,(H,19,21)(H,22,23);3-10H,1,11H2,2H3,(H,19,20)(H,21,22);2-8H,9H2,1H3,(H,19,21)(H,22,23);2*2-9H,10H2,1H3,(H,18,20)(H,21,22). The lowest BCUT2D eigenvalue weighted by Crippen LogP contribution is -2.25. The lowest BCUT2D eigenvalue weighted by atomic mass is 10.1. The Morgan fingerprint density at radius 2 is 0.463 bits per heavy atom. The number of carbonyl (C=O) groups excluding carboxylic acids is 11. The Bertz CT molecular complexity index is 6190. The molecular formula is C105H95FN6O24. The molecule has 136 heavy (non-hydrogen) atoms. The minimum atomic E-state index is -1.22. The number of carboxylic acid groups (broad SMARTS) is 6. The average Bonchev–Trinajstić information content (AvgIpc) is 0.821. The van der Waals surface area contributed by atoms with Gasteiger partial charge in [0.15, 0.2) is 23.1 Å². The zero-order chi connectivity index (χ0) is 99.8. The van der Waals surface area contributed by atoms with Crippen molar-refractivity contribution < 1.29 is 121 Å². The van der Waals surface area contributed by atoms with Gasteiger partial charge in [-0.1, -0.05) is 206 Å². The van der Waals surface area contributed by atoms with Crippen LogP contribution in [0.4, 0.5) is 4.39 Å².